The molecule has 2 aromatic carbocycles. The van der Waals surface area contributed by atoms with E-state index in [1.165, 1.54) is 11.0 Å². The summed E-state index contributed by atoms with van der Waals surface area (Å²) in [6, 6.07) is 13.2. The molecule has 2 aliphatic rings. The summed E-state index contributed by atoms with van der Waals surface area (Å²) >= 11 is 0. The molecular weight excluding hydrogens is 375 g/mol. The maximum atomic E-state index is 14.0. The summed E-state index contributed by atoms with van der Waals surface area (Å²) in [5.74, 6) is -0.900. The second-order valence-electron chi connectivity index (χ2n) is 7.32. The number of rotatable bonds is 6. The van der Waals surface area contributed by atoms with Crippen LogP contribution in [0.5, 0.6) is 5.75 Å². The maximum absolute atomic E-state index is 14.0. The minimum atomic E-state index is -0.543. The summed E-state index contributed by atoms with van der Waals surface area (Å²) in [6.45, 7) is 1.40. The Morgan fingerprint density at radius 1 is 1.24 bits per heavy atom. The largest absolute Gasteiger partial charge is 0.491 e. The second-order valence-corrected chi connectivity index (χ2v) is 7.32. The Kier molecular flexibility index (Phi) is 5.76. The van der Waals surface area contributed by atoms with Crippen molar-refractivity contribution < 1.29 is 23.5 Å². The lowest BCUT2D eigenvalue weighted by molar-refractivity contribution is -0.122. The lowest BCUT2D eigenvalue weighted by Gasteiger charge is -2.17. The van der Waals surface area contributed by atoms with Gasteiger partial charge >= 0.3 is 0 Å². The van der Waals surface area contributed by atoms with Crippen molar-refractivity contribution in [3.05, 3.63) is 54.3 Å². The molecule has 0 spiro atoms. The minimum Gasteiger partial charge on any atom is -0.491 e. The Morgan fingerprint density at radius 3 is 2.90 bits per heavy atom. The number of ether oxygens (including phenoxy) is 2. The summed E-state index contributed by atoms with van der Waals surface area (Å²) < 4.78 is 25.3. The Balaban J connectivity index is 1.36. The molecule has 1 N–H and O–H groups in total. The Labute approximate surface area is 168 Å². The fraction of sp³-hybridized carbons (Fsp3) is 0.364. The molecule has 0 radical (unpaired) electrons. The maximum Gasteiger partial charge on any atom is 0.229 e. The first kappa shape index (κ1) is 19.4. The van der Waals surface area contributed by atoms with Gasteiger partial charge in [-0.2, -0.15) is 0 Å². The van der Waals surface area contributed by atoms with Crippen LogP contribution in [0.1, 0.15) is 19.3 Å². The predicted molar refractivity (Wildman–Crippen MR) is 106 cm³/mol. The number of benzene rings is 2. The van der Waals surface area contributed by atoms with Gasteiger partial charge in [-0.15, -0.1) is 0 Å². The molecule has 2 fully saturated rings. The third-order valence-corrected chi connectivity index (χ3v) is 5.20. The molecule has 0 bridgehead atoms. The molecule has 2 heterocycles. The van der Waals surface area contributed by atoms with Crippen LogP contribution in [0, 0.1) is 11.7 Å². The van der Waals surface area contributed by atoms with E-state index >= 15 is 0 Å². The van der Waals surface area contributed by atoms with Crippen LogP contribution in [-0.2, 0) is 14.3 Å². The van der Waals surface area contributed by atoms with Crippen LogP contribution >= 0.6 is 0 Å². The van der Waals surface area contributed by atoms with Gasteiger partial charge in [0.25, 0.3) is 0 Å². The van der Waals surface area contributed by atoms with Gasteiger partial charge in [-0.25, -0.2) is 4.39 Å². The normalized spacial score (nSPS) is 21.4. The van der Waals surface area contributed by atoms with E-state index in [9.17, 15) is 14.0 Å². The Hall–Kier alpha value is -2.93. The number of hydrogen-bond acceptors (Lipinski definition) is 4. The first-order valence-corrected chi connectivity index (χ1v) is 9.80. The first-order valence-electron chi connectivity index (χ1n) is 9.80. The molecule has 2 aromatic rings. The van der Waals surface area contributed by atoms with Crippen molar-refractivity contribution in [1.82, 2.24) is 0 Å². The van der Waals surface area contributed by atoms with Crippen molar-refractivity contribution in [3.63, 3.8) is 0 Å². The Bertz CT molecular complexity index is 898. The second kappa shape index (κ2) is 8.61. The van der Waals surface area contributed by atoms with E-state index in [4.69, 9.17) is 9.47 Å². The number of anilines is 2. The summed E-state index contributed by atoms with van der Waals surface area (Å²) in [6.07, 6.45) is 2.20. The smallest absolute Gasteiger partial charge is 0.229 e. The van der Waals surface area contributed by atoms with Gasteiger partial charge in [0.05, 0.1) is 17.7 Å². The number of carbonyl (C=O) groups excluding carboxylic acids is 2. The number of carbonyl (C=O) groups is 2. The van der Waals surface area contributed by atoms with Gasteiger partial charge in [0.15, 0.2) is 0 Å². The SMILES string of the molecule is O=C(Nc1cccc(OCC2CCCO2)c1)C1CC(=O)N(c2ccccc2F)C1. The van der Waals surface area contributed by atoms with Crippen LogP contribution in [0.4, 0.5) is 15.8 Å². The molecule has 152 valence electrons. The zero-order valence-corrected chi connectivity index (χ0v) is 16.0. The van der Waals surface area contributed by atoms with Crippen LogP contribution in [-0.4, -0.2) is 37.7 Å². The number of para-hydroxylation sites is 1. The number of nitrogens with one attached hydrogen (secondary N) is 1. The quantitative estimate of drug-likeness (QED) is 0.810. The first-order chi connectivity index (χ1) is 14.1. The van der Waals surface area contributed by atoms with E-state index in [1.54, 1.807) is 36.4 Å². The van der Waals surface area contributed by atoms with E-state index in [2.05, 4.69) is 5.32 Å². The molecule has 0 aromatic heterocycles. The van der Waals surface area contributed by atoms with Crippen LogP contribution in [0.2, 0.25) is 0 Å². The van der Waals surface area contributed by atoms with E-state index in [-0.39, 0.29) is 36.6 Å². The average Bonchev–Trinajstić information content (AvgIpc) is 3.37. The minimum absolute atomic E-state index is 0.0510. The molecule has 0 aliphatic carbocycles. The lowest BCUT2D eigenvalue weighted by atomic mass is 10.1. The molecule has 2 aliphatic heterocycles. The summed E-state index contributed by atoms with van der Waals surface area (Å²) in [7, 11) is 0. The highest BCUT2D eigenvalue weighted by Gasteiger charge is 2.36. The topological polar surface area (TPSA) is 67.9 Å². The molecule has 2 saturated heterocycles. The molecule has 0 saturated carbocycles. The molecule has 2 amide bonds. The van der Waals surface area contributed by atoms with Crippen LogP contribution in [0.3, 0.4) is 0 Å². The molecule has 4 rings (SSSR count). The molecule has 2 atom stereocenters. The molecule has 7 heteroatoms. The van der Waals surface area contributed by atoms with E-state index in [0.717, 1.165) is 19.4 Å². The predicted octanol–water partition coefficient (Wildman–Crippen LogP) is 3.38. The van der Waals surface area contributed by atoms with Crippen LogP contribution in [0.25, 0.3) is 0 Å². The Morgan fingerprint density at radius 2 is 2.10 bits per heavy atom. The van der Waals surface area contributed by atoms with Gasteiger partial charge in [-0.1, -0.05) is 18.2 Å². The highest BCUT2D eigenvalue weighted by Crippen LogP contribution is 2.28. The van der Waals surface area contributed by atoms with Gasteiger partial charge < -0.3 is 19.7 Å². The average molecular weight is 398 g/mol. The van der Waals surface area contributed by atoms with Crippen LogP contribution < -0.4 is 15.0 Å². The third-order valence-electron chi connectivity index (χ3n) is 5.20. The standard InChI is InChI=1S/C22H23FN2O4/c23-19-8-1-2-9-20(19)25-13-15(11-21(25)26)22(27)24-16-5-3-6-17(12-16)29-14-18-7-4-10-28-18/h1-3,5-6,8-9,12,15,18H,4,7,10-11,13-14H2,(H,24,27). The fourth-order valence-electron chi connectivity index (χ4n) is 3.66. The monoisotopic (exact) mass is 398 g/mol. The van der Waals surface area contributed by atoms with Gasteiger partial charge in [0.1, 0.15) is 18.2 Å². The zero-order valence-electron chi connectivity index (χ0n) is 16.0. The van der Waals surface area contributed by atoms with Crippen molar-refractivity contribution in [3.8, 4) is 5.75 Å². The van der Waals surface area contributed by atoms with Crippen molar-refractivity contribution in [2.24, 2.45) is 5.92 Å². The summed E-state index contributed by atoms with van der Waals surface area (Å²) in [4.78, 5) is 26.3. The molecule has 6 nitrogen and oxygen atoms in total. The van der Waals surface area contributed by atoms with Crippen LogP contribution in [0.15, 0.2) is 48.5 Å². The third kappa shape index (κ3) is 4.56. The fourth-order valence-corrected chi connectivity index (χ4v) is 3.66. The van der Waals surface area contributed by atoms with Gasteiger partial charge in [0.2, 0.25) is 11.8 Å². The van der Waals surface area contributed by atoms with Crippen molar-refractivity contribution in [2.75, 3.05) is 30.0 Å². The van der Waals surface area contributed by atoms with E-state index in [0.29, 0.717) is 18.0 Å². The van der Waals surface area contributed by atoms with E-state index in [1.807, 2.05) is 6.07 Å². The molecule has 29 heavy (non-hydrogen) atoms. The highest BCUT2D eigenvalue weighted by atomic mass is 19.1. The van der Waals surface area contributed by atoms with Gasteiger partial charge in [0, 0.05) is 31.3 Å². The van der Waals surface area contributed by atoms with Crippen molar-refractivity contribution in [2.45, 2.75) is 25.4 Å². The number of halogens is 1. The van der Waals surface area contributed by atoms with E-state index < -0.39 is 11.7 Å². The summed E-state index contributed by atoms with van der Waals surface area (Å²) in [5.41, 5.74) is 0.800. The number of hydrogen-bond donors (Lipinski definition) is 1. The van der Waals surface area contributed by atoms with Crippen molar-refractivity contribution in [1.29, 1.82) is 0 Å². The lowest BCUT2D eigenvalue weighted by Crippen LogP contribution is -2.28. The van der Waals surface area contributed by atoms with Gasteiger partial charge in [-0.05, 0) is 37.1 Å². The van der Waals surface area contributed by atoms with Crippen molar-refractivity contribution >= 4 is 23.2 Å². The number of nitrogens with zero attached hydrogens (tertiary/aromatic N) is 1. The zero-order chi connectivity index (χ0) is 20.2. The molecule has 2 unspecified atom stereocenters. The molecular formula is C22H23FN2O4. The summed E-state index contributed by atoms with van der Waals surface area (Å²) in [5, 5.41) is 2.84. The number of amides is 2. The highest BCUT2D eigenvalue weighted by molar-refractivity contribution is 6.03. The van der Waals surface area contributed by atoms with Gasteiger partial charge in [-0.3, -0.25) is 9.59 Å².